The van der Waals surface area contributed by atoms with Crippen LogP contribution in [0.3, 0.4) is 0 Å². The third-order valence-electron chi connectivity index (χ3n) is 3.55. The van der Waals surface area contributed by atoms with Gasteiger partial charge in [-0.1, -0.05) is 0 Å². The van der Waals surface area contributed by atoms with E-state index in [2.05, 4.69) is 9.72 Å². The first-order chi connectivity index (χ1) is 9.48. The van der Waals surface area contributed by atoms with E-state index in [1.165, 1.54) is 7.11 Å². The van der Waals surface area contributed by atoms with E-state index >= 15 is 0 Å². The van der Waals surface area contributed by atoms with Gasteiger partial charge in [0.05, 0.1) is 29.9 Å². The lowest BCUT2D eigenvalue weighted by atomic mass is 10.1. The highest BCUT2D eigenvalue weighted by Gasteiger charge is 2.30. The fourth-order valence-electron chi connectivity index (χ4n) is 2.47. The van der Waals surface area contributed by atoms with Crippen LogP contribution in [0, 0.1) is 0 Å². The van der Waals surface area contributed by atoms with E-state index in [-0.39, 0.29) is 17.4 Å². The van der Waals surface area contributed by atoms with Gasteiger partial charge in [-0.25, -0.2) is 18.2 Å². The lowest BCUT2D eigenvalue weighted by Crippen LogP contribution is -2.03. The Balaban J connectivity index is 1.97. The van der Waals surface area contributed by atoms with Gasteiger partial charge >= 0.3 is 5.97 Å². The maximum absolute atomic E-state index is 11.5. The average Bonchev–Trinajstić information content (AvgIpc) is 2.99. The Morgan fingerprint density at radius 1 is 1.50 bits per heavy atom. The highest BCUT2D eigenvalue weighted by Crippen LogP contribution is 2.28. The smallest absolute Gasteiger partial charge is 0.338 e. The highest BCUT2D eigenvalue weighted by molar-refractivity contribution is 7.91. The minimum absolute atomic E-state index is 0.0542. The van der Waals surface area contributed by atoms with E-state index in [9.17, 15) is 13.2 Å². The number of hydrogen-bond acceptors (Lipinski definition) is 5. The minimum Gasteiger partial charge on any atom is -0.465 e. The van der Waals surface area contributed by atoms with Gasteiger partial charge in [-0.2, -0.15) is 0 Å². The Morgan fingerprint density at radius 2 is 2.30 bits per heavy atom. The van der Waals surface area contributed by atoms with Crippen molar-refractivity contribution in [2.45, 2.75) is 12.3 Å². The first-order valence-electron chi connectivity index (χ1n) is 6.26. The Morgan fingerprint density at radius 3 is 2.95 bits per heavy atom. The minimum atomic E-state index is -2.93. The summed E-state index contributed by atoms with van der Waals surface area (Å²) in [5, 5.41) is 0. The fourth-order valence-corrected chi connectivity index (χ4v) is 4.23. The number of ether oxygens (including phenoxy) is 1. The van der Waals surface area contributed by atoms with Crippen LogP contribution in [0.2, 0.25) is 0 Å². The lowest BCUT2D eigenvalue weighted by Gasteiger charge is -2.00. The number of aromatic nitrogens is 2. The molecular weight excluding hydrogens is 280 g/mol. The molecule has 1 fully saturated rings. The van der Waals surface area contributed by atoms with Crippen molar-refractivity contribution in [2.24, 2.45) is 0 Å². The van der Waals surface area contributed by atoms with Crippen molar-refractivity contribution in [3.63, 3.8) is 0 Å². The van der Waals surface area contributed by atoms with Gasteiger partial charge in [-0.05, 0) is 18.6 Å². The molecule has 6 nitrogen and oxygen atoms in total. The molecule has 0 bridgehead atoms. The highest BCUT2D eigenvalue weighted by atomic mass is 32.2. The topological polar surface area (TPSA) is 77.7 Å². The van der Waals surface area contributed by atoms with E-state index in [0.29, 0.717) is 17.6 Å². The monoisotopic (exact) mass is 294 g/mol. The Labute approximate surface area is 116 Å². The van der Waals surface area contributed by atoms with Crippen LogP contribution >= 0.6 is 0 Å². The van der Waals surface area contributed by atoms with Crippen LogP contribution in [-0.2, 0) is 14.6 Å². The summed E-state index contributed by atoms with van der Waals surface area (Å²) in [7, 11) is -1.60. The van der Waals surface area contributed by atoms with Gasteiger partial charge < -0.3 is 9.14 Å². The first-order valence-corrected chi connectivity index (χ1v) is 8.08. The molecule has 1 atom stereocenters. The number of carbonyl (C=O) groups is 1. The zero-order chi connectivity index (χ0) is 14.3. The normalized spacial score (nSPS) is 21.1. The van der Waals surface area contributed by atoms with E-state index in [1.54, 1.807) is 22.7 Å². The molecule has 0 aliphatic carbocycles. The summed E-state index contributed by atoms with van der Waals surface area (Å²) in [6.07, 6.45) is 4.15. The van der Waals surface area contributed by atoms with Gasteiger partial charge in [0, 0.05) is 18.3 Å². The Hall–Kier alpha value is -1.89. The summed E-state index contributed by atoms with van der Waals surface area (Å²) in [5.41, 5.74) is 1.80. The van der Waals surface area contributed by atoms with Crippen LogP contribution in [0.5, 0.6) is 0 Å². The maximum Gasteiger partial charge on any atom is 0.338 e. The number of sulfone groups is 1. The summed E-state index contributed by atoms with van der Waals surface area (Å²) in [6, 6.07) is 3.29. The van der Waals surface area contributed by atoms with Crippen molar-refractivity contribution in [1.29, 1.82) is 0 Å². The van der Waals surface area contributed by atoms with E-state index < -0.39 is 15.8 Å². The van der Waals surface area contributed by atoms with Crippen molar-refractivity contribution in [3.8, 4) is 0 Å². The molecule has 0 saturated carbocycles. The van der Waals surface area contributed by atoms with Crippen molar-refractivity contribution in [1.82, 2.24) is 9.38 Å². The van der Waals surface area contributed by atoms with Gasteiger partial charge in [0.1, 0.15) is 5.65 Å². The van der Waals surface area contributed by atoms with Gasteiger partial charge in [-0.3, -0.25) is 0 Å². The number of pyridine rings is 1. The summed E-state index contributed by atoms with van der Waals surface area (Å²) < 4.78 is 29.5. The van der Waals surface area contributed by atoms with E-state index in [0.717, 1.165) is 5.69 Å². The molecule has 1 aliphatic heterocycles. The number of imidazole rings is 1. The van der Waals surface area contributed by atoms with Crippen LogP contribution < -0.4 is 0 Å². The molecule has 1 saturated heterocycles. The number of rotatable bonds is 2. The Bertz CT molecular complexity index is 779. The molecule has 7 heteroatoms. The maximum atomic E-state index is 11.5. The number of methoxy groups -OCH3 is 1. The molecule has 3 heterocycles. The number of esters is 1. The van der Waals surface area contributed by atoms with E-state index in [4.69, 9.17) is 0 Å². The summed E-state index contributed by atoms with van der Waals surface area (Å²) in [4.78, 5) is 15.9. The Kier molecular flexibility index (Phi) is 3.01. The van der Waals surface area contributed by atoms with Gasteiger partial charge in [-0.15, -0.1) is 0 Å². The van der Waals surface area contributed by atoms with Crippen molar-refractivity contribution >= 4 is 21.5 Å². The molecular formula is C13H14N2O4S. The molecule has 20 heavy (non-hydrogen) atoms. The molecule has 0 spiro atoms. The van der Waals surface area contributed by atoms with Crippen LogP contribution in [0.25, 0.3) is 5.65 Å². The second-order valence-corrected chi connectivity index (χ2v) is 7.17. The number of fused-ring (bicyclic) bond motifs is 1. The predicted octanol–water partition coefficient (Wildman–Crippen LogP) is 1.02. The molecule has 1 unspecified atom stereocenters. The standard InChI is InChI=1S/C13H14N2O4S/c1-19-13(16)9-2-4-15-7-11(14-12(15)6-9)10-3-5-20(17,18)8-10/h2,4,6-7,10H,3,5,8H2,1H3. The molecule has 0 N–H and O–H groups in total. The molecule has 0 radical (unpaired) electrons. The summed E-state index contributed by atoms with van der Waals surface area (Å²) in [6.45, 7) is 0. The van der Waals surface area contributed by atoms with Crippen molar-refractivity contribution in [3.05, 3.63) is 35.8 Å². The van der Waals surface area contributed by atoms with Crippen molar-refractivity contribution in [2.75, 3.05) is 18.6 Å². The second-order valence-electron chi connectivity index (χ2n) is 4.94. The average molecular weight is 294 g/mol. The second kappa shape index (κ2) is 4.59. The molecule has 0 aromatic carbocycles. The van der Waals surface area contributed by atoms with Crippen LogP contribution in [0.4, 0.5) is 0 Å². The number of hydrogen-bond donors (Lipinski definition) is 0. The molecule has 0 amide bonds. The van der Waals surface area contributed by atoms with Gasteiger partial charge in [0.2, 0.25) is 0 Å². The first kappa shape index (κ1) is 13.1. The number of carbonyl (C=O) groups excluding carboxylic acids is 1. The molecule has 2 aromatic rings. The summed E-state index contributed by atoms with van der Waals surface area (Å²) >= 11 is 0. The third-order valence-corrected chi connectivity index (χ3v) is 5.32. The quantitative estimate of drug-likeness (QED) is 0.773. The zero-order valence-corrected chi connectivity index (χ0v) is 11.8. The SMILES string of the molecule is COC(=O)c1ccn2cc(C3CCS(=O)(=O)C3)nc2c1. The molecule has 1 aliphatic rings. The zero-order valence-electron chi connectivity index (χ0n) is 10.9. The third kappa shape index (κ3) is 2.29. The van der Waals surface area contributed by atoms with Gasteiger partial charge in [0.25, 0.3) is 0 Å². The summed E-state index contributed by atoms with van der Waals surface area (Å²) in [5.74, 6) is -0.0957. The van der Waals surface area contributed by atoms with E-state index in [1.807, 2.05) is 6.20 Å². The van der Waals surface area contributed by atoms with Crippen molar-refractivity contribution < 1.29 is 17.9 Å². The van der Waals surface area contributed by atoms with Gasteiger partial charge in [0.15, 0.2) is 9.84 Å². The largest absolute Gasteiger partial charge is 0.465 e. The van der Waals surface area contributed by atoms with Crippen LogP contribution in [-0.4, -0.2) is 42.4 Å². The van der Waals surface area contributed by atoms with Crippen LogP contribution in [0.15, 0.2) is 24.5 Å². The fraction of sp³-hybridized carbons (Fsp3) is 0.385. The lowest BCUT2D eigenvalue weighted by molar-refractivity contribution is 0.0600. The van der Waals surface area contributed by atoms with Crippen LogP contribution in [0.1, 0.15) is 28.4 Å². The predicted molar refractivity (Wildman–Crippen MR) is 72.5 cm³/mol. The number of nitrogens with zero attached hydrogens (tertiary/aromatic N) is 2. The molecule has 2 aromatic heterocycles. The molecule has 106 valence electrons. The molecule has 3 rings (SSSR count).